The smallest absolute Gasteiger partial charge is 0.362 e. The Hall–Kier alpha value is -1.67. The molecule has 0 fully saturated rings. The van der Waals surface area contributed by atoms with E-state index in [2.05, 4.69) is 13.8 Å². The van der Waals surface area contributed by atoms with Gasteiger partial charge >= 0.3 is 17.9 Å². The Morgan fingerprint density at radius 1 is 0.406 bits per heavy atom. The lowest BCUT2D eigenvalue weighted by atomic mass is 10.0. The van der Waals surface area contributed by atoms with E-state index in [0.29, 0.717) is 19.3 Å². The second-order valence-electron chi connectivity index (χ2n) is 20.6. The van der Waals surface area contributed by atoms with E-state index in [-0.39, 0.29) is 36.2 Å². The average molecular weight is 909 g/mol. The molecule has 0 rings (SSSR count). The van der Waals surface area contributed by atoms with Gasteiger partial charge in [-0.05, 0) is 12.8 Å². The van der Waals surface area contributed by atoms with Gasteiger partial charge in [0.05, 0.1) is 34.4 Å². The number of quaternary nitrogens is 1. The molecule has 8 heteroatoms. The molecule has 0 saturated heterocycles. The molecule has 0 amide bonds. The highest BCUT2D eigenvalue weighted by Crippen LogP contribution is 2.18. The van der Waals surface area contributed by atoms with E-state index in [4.69, 9.17) is 14.2 Å². The molecule has 0 aromatic heterocycles. The van der Waals surface area contributed by atoms with Crippen molar-refractivity contribution in [3.8, 4) is 0 Å². The molecular formula is C56H110NO7+. The van der Waals surface area contributed by atoms with E-state index in [1.54, 1.807) is 0 Å². The Balaban J connectivity index is 4.12. The minimum Gasteiger partial charge on any atom is -0.477 e. The second-order valence-corrected chi connectivity index (χ2v) is 20.6. The Morgan fingerprint density at radius 2 is 0.688 bits per heavy atom. The third-order valence-electron chi connectivity index (χ3n) is 13.3. The summed E-state index contributed by atoms with van der Waals surface area (Å²) in [5.41, 5.74) is 0. The van der Waals surface area contributed by atoms with Gasteiger partial charge in [0.1, 0.15) is 6.61 Å². The molecule has 0 spiro atoms. The summed E-state index contributed by atoms with van der Waals surface area (Å²) in [6, 6.07) is -0.609. The fraction of sp³-hybridized carbons (Fsp3) is 0.946. The first-order valence-corrected chi connectivity index (χ1v) is 28.1. The summed E-state index contributed by atoms with van der Waals surface area (Å²) >= 11 is 0. The molecule has 0 aliphatic heterocycles. The number of likely N-dealkylation sites (N-methyl/N-ethyl adjacent to an activating group) is 1. The van der Waals surface area contributed by atoms with Gasteiger partial charge in [-0.2, -0.15) is 0 Å². The van der Waals surface area contributed by atoms with Gasteiger partial charge in [0.2, 0.25) is 0 Å². The van der Waals surface area contributed by atoms with Crippen LogP contribution in [0, 0.1) is 0 Å². The van der Waals surface area contributed by atoms with Gasteiger partial charge in [-0.1, -0.05) is 258 Å². The number of hydrogen-bond acceptors (Lipinski definition) is 6. The number of carboxylic acid groups (broad SMARTS) is 1. The zero-order chi connectivity index (χ0) is 47.0. The van der Waals surface area contributed by atoms with Crippen LogP contribution in [0.15, 0.2) is 0 Å². The predicted molar refractivity (Wildman–Crippen MR) is 271 cm³/mol. The van der Waals surface area contributed by atoms with Gasteiger partial charge in [0, 0.05) is 19.3 Å². The molecule has 0 bridgehead atoms. The highest BCUT2D eigenvalue weighted by molar-refractivity contribution is 5.72. The van der Waals surface area contributed by atoms with Crippen LogP contribution in [0.5, 0.6) is 0 Å². The molecule has 0 aromatic rings. The summed E-state index contributed by atoms with van der Waals surface area (Å²) in [5, 5.41) is 9.67. The monoisotopic (exact) mass is 909 g/mol. The summed E-state index contributed by atoms with van der Waals surface area (Å²) in [5.74, 6) is -1.43. The molecule has 0 aromatic carbocycles. The number of esters is 2. The topological polar surface area (TPSA) is 99.1 Å². The van der Waals surface area contributed by atoms with Crippen molar-refractivity contribution in [1.29, 1.82) is 0 Å². The van der Waals surface area contributed by atoms with Crippen molar-refractivity contribution >= 4 is 17.9 Å². The van der Waals surface area contributed by atoms with Crippen molar-refractivity contribution in [3.63, 3.8) is 0 Å². The number of hydrogen-bond donors (Lipinski definition) is 1. The molecule has 0 saturated carbocycles. The average Bonchev–Trinajstić information content (AvgIpc) is 3.26. The number of aliphatic carboxylic acids is 1. The summed E-state index contributed by atoms with van der Waals surface area (Å²) in [4.78, 5) is 37.2. The van der Waals surface area contributed by atoms with Crippen LogP contribution in [0.3, 0.4) is 0 Å². The van der Waals surface area contributed by atoms with Crippen LogP contribution in [0.4, 0.5) is 0 Å². The molecule has 8 nitrogen and oxygen atoms in total. The molecule has 0 heterocycles. The van der Waals surface area contributed by atoms with E-state index in [1.807, 2.05) is 21.1 Å². The van der Waals surface area contributed by atoms with Gasteiger partial charge in [0.25, 0.3) is 0 Å². The maximum atomic E-state index is 12.8. The number of carboxylic acids is 1. The molecular weight excluding hydrogens is 799 g/mol. The number of nitrogens with zero attached hydrogens (tertiary/aromatic N) is 1. The van der Waals surface area contributed by atoms with Crippen molar-refractivity contribution in [3.05, 3.63) is 0 Å². The third kappa shape index (κ3) is 45.5. The molecule has 2 atom stereocenters. The van der Waals surface area contributed by atoms with Crippen LogP contribution in [0.25, 0.3) is 0 Å². The molecule has 64 heavy (non-hydrogen) atoms. The summed E-state index contributed by atoms with van der Waals surface area (Å²) < 4.78 is 17.4. The quantitative estimate of drug-likeness (QED) is 0.0369. The van der Waals surface area contributed by atoms with Crippen molar-refractivity contribution < 1.29 is 38.2 Å². The van der Waals surface area contributed by atoms with Crippen molar-refractivity contribution in [2.45, 2.75) is 302 Å². The van der Waals surface area contributed by atoms with Gasteiger partial charge in [-0.15, -0.1) is 0 Å². The Morgan fingerprint density at radius 3 is 0.969 bits per heavy atom. The second kappa shape index (κ2) is 47.8. The Bertz CT molecular complexity index is 1010. The van der Waals surface area contributed by atoms with Crippen molar-refractivity contribution in [2.24, 2.45) is 0 Å². The standard InChI is InChI=1S/C56H109NO7/c1-6-8-10-12-14-16-18-20-22-24-26-27-28-29-31-33-35-37-39-41-43-45-47-55(59)64-52(50-62-49-48-53(56(60)61)57(3,4)5)51-63-54(58)46-44-42-40-38-36-34-32-30-25-23-21-19-17-15-13-11-9-7-2/h52-53H,6-51H2,1-5H3/p+1. The summed E-state index contributed by atoms with van der Waals surface area (Å²) in [6.07, 6.45) is 53.0. The van der Waals surface area contributed by atoms with Crippen LogP contribution in [0.1, 0.15) is 290 Å². The predicted octanol–water partition coefficient (Wildman–Crippen LogP) is 16.4. The maximum Gasteiger partial charge on any atom is 0.362 e. The lowest BCUT2D eigenvalue weighted by Crippen LogP contribution is -2.50. The van der Waals surface area contributed by atoms with Crippen molar-refractivity contribution in [1.82, 2.24) is 0 Å². The van der Waals surface area contributed by atoms with Gasteiger partial charge in [0.15, 0.2) is 12.1 Å². The van der Waals surface area contributed by atoms with Crippen LogP contribution in [0.2, 0.25) is 0 Å². The van der Waals surface area contributed by atoms with E-state index in [9.17, 15) is 19.5 Å². The van der Waals surface area contributed by atoms with Gasteiger partial charge < -0.3 is 23.8 Å². The van der Waals surface area contributed by atoms with Crippen LogP contribution in [-0.4, -0.2) is 80.6 Å². The molecule has 0 aliphatic carbocycles. The Kier molecular flexibility index (Phi) is 46.6. The fourth-order valence-electron chi connectivity index (χ4n) is 8.92. The highest BCUT2D eigenvalue weighted by atomic mass is 16.6. The van der Waals surface area contributed by atoms with Gasteiger partial charge in [-0.25, -0.2) is 4.79 Å². The first-order valence-electron chi connectivity index (χ1n) is 28.1. The lowest BCUT2D eigenvalue weighted by molar-refractivity contribution is -0.887. The maximum absolute atomic E-state index is 12.8. The van der Waals surface area contributed by atoms with Crippen LogP contribution >= 0.6 is 0 Å². The zero-order valence-electron chi connectivity index (χ0n) is 43.5. The van der Waals surface area contributed by atoms with E-state index in [0.717, 1.165) is 38.5 Å². The molecule has 380 valence electrons. The number of ether oxygens (including phenoxy) is 3. The summed E-state index contributed by atoms with van der Waals surface area (Å²) in [6.45, 7) is 4.81. The van der Waals surface area contributed by atoms with Crippen LogP contribution in [-0.2, 0) is 28.6 Å². The number of unbranched alkanes of at least 4 members (excludes halogenated alkanes) is 38. The number of carbonyl (C=O) groups excluding carboxylic acids is 2. The fourth-order valence-corrected chi connectivity index (χ4v) is 8.92. The van der Waals surface area contributed by atoms with Gasteiger partial charge in [-0.3, -0.25) is 9.59 Å². The minimum absolute atomic E-state index is 0.0410. The SMILES string of the molecule is CCCCCCCCCCCCCCCCCCCCCCCCC(=O)OC(COCCC(C(=O)O)[N+](C)(C)C)COC(=O)CCCCCCCCCCCCCCCCCCCC. The number of rotatable bonds is 52. The third-order valence-corrected chi connectivity index (χ3v) is 13.3. The minimum atomic E-state index is -0.868. The first-order chi connectivity index (χ1) is 31.1. The van der Waals surface area contributed by atoms with Crippen LogP contribution < -0.4 is 0 Å². The molecule has 0 radical (unpaired) electrons. The normalized spacial score (nSPS) is 12.7. The molecule has 0 aliphatic rings. The lowest BCUT2D eigenvalue weighted by Gasteiger charge is -2.31. The molecule has 2 unspecified atom stereocenters. The first kappa shape index (κ1) is 62.3. The zero-order valence-corrected chi connectivity index (χ0v) is 43.5. The summed E-state index contributed by atoms with van der Waals surface area (Å²) in [7, 11) is 5.56. The largest absolute Gasteiger partial charge is 0.477 e. The van der Waals surface area contributed by atoms with E-state index in [1.165, 1.54) is 218 Å². The van der Waals surface area contributed by atoms with E-state index >= 15 is 0 Å². The Labute approximate surface area is 397 Å². The highest BCUT2D eigenvalue weighted by Gasteiger charge is 2.31. The number of carbonyl (C=O) groups is 3. The van der Waals surface area contributed by atoms with E-state index < -0.39 is 18.1 Å². The molecule has 1 N–H and O–H groups in total. The van der Waals surface area contributed by atoms with Crippen molar-refractivity contribution in [2.75, 3.05) is 41.0 Å².